The molecule has 3 aliphatic carbocycles. The molecule has 0 spiro atoms. The van der Waals surface area contributed by atoms with E-state index < -0.39 is 0 Å². The van der Waals surface area contributed by atoms with Crippen LogP contribution in [0.15, 0.2) is 0 Å². The molecule has 140 valence electrons. The fourth-order valence-electron chi connectivity index (χ4n) is 4.54. The van der Waals surface area contributed by atoms with Crippen LogP contribution >= 0.6 is 0 Å². The Labute approximate surface area is 152 Å². The number of aliphatic hydroxyl groups excluding tert-OH is 1. The number of carbonyl (C=O) groups is 1. The predicted octanol–water partition coefficient (Wildman–Crippen LogP) is 4.47. The van der Waals surface area contributed by atoms with Crippen LogP contribution in [0.3, 0.4) is 0 Å². The summed E-state index contributed by atoms with van der Waals surface area (Å²) in [6, 6.07) is 0. The standard InChI is InChI=1S/C22H34O3/c1-16-2-4-17(5-3-16)6-7-18-8-14-21(15-9-18)25-22(24)19-10-12-20(23)13-11-19/h16-21,23H,2-5,8-15H2,1H3. The monoisotopic (exact) mass is 346 g/mol. The Bertz CT molecular complexity index is 479. The lowest BCUT2D eigenvalue weighted by Gasteiger charge is -2.29. The topological polar surface area (TPSA) is 46.5 Å². The summed E-state index contributed by atoms with van der Waals surface area (Å²) in [5.74, 6) is 9.05. The number of ether oxygens (including phenoxy) is 1. The van der Waals surface area contributed by atoms with Crippen LogP contribution < -0.4 is 0 Å². The van der Waals surface area contributed by atoms with Gasteiger partial charge in [-0.1, -0.05) is 18.8 Å². The molecule has 3 nitrogen and oxygen atoms in total. The second-order valence-corrected chi connectivity index (χ2v) is 8.66. The summed E-state index contributed by atoms with van der Waals surface area (Å²) in [6.07, 6.45) is 12.2. The van der Waals surface area contributed by atoms with E-state index in [9.17, 15) is 9.90 Å². The molecule has 3 rings (SSSR count). The van der Waals surface area contributed by atoms with E-state index in [1.807, 2.05) is 0 Å². The van der Waals surface area contributed by atoms with E-state index in [0.29, 0.717) is 11.8 Å². The number of aliphatic hydroxyl groups is 1. The van der Waals surface area contributed by atoms with Crippen molar-refractivity contribution >= 4 is 5.97 Å². The van der Waals surface area contributed by atoms with Crippen LogP contribution in [-0.2, 0) is 9.53 Å². The Kier molecular flexibility index (Phi) is 6.82. The normalized spacial score (nSPS) is 39.1. The average Bonchev–Trinajstić information content (AvgIpc) is 2.63. The van der Waals surface area contributed by atoms with Crippen molar-refractivity contribution in [3.05, 3.63) is 0 Å². The summed E-state index contributed by atoms with van der Waals surface area (Å²) < 4.78 is 5.75. The lowest BCUT2D eigenvalue weighted by Crippen LogP contribution is -2.30. The van der Waals surface area contributed by atoms with Gasteiger partial charge in [-0.05, 0) is 83.0 Å². The molecule has 3 aliphatic rings. The van der Waals surface area contributed by atoms with E-state index >= 15 is 0 Å². The summed E-state index contributed by atoms with van der Waals surface area (Å²) in [7, 11) is 0. The predicted molar refractivity (Wildman–Crippen MR) is 98.7 cm³/mol. The van der Waals surface area contributed by atoms with Gasteiger partial charge in [-0.3, -0.25) is 4.79 Å². The van der Waals surface area contributed by atoms with E-state index in [4.69, 9.17) is 4.74 Å². The van der Waals surface area contributed by atoms with Crippen LogP contribution in [-0.4, -0.2) is 23.3 Å². The van der Waals surface area contributed by atoms with Crippen molar-refractivity contribution < 1.29 is 14.6 Å². The minimum Gasteiger partial charge on any atom is -0.462 e. The molecule has 0 heterocycles. The molecule has 0 atom stereocenters. The summed E-state index contributed by atoms with van der Waals surface area (Å²) in [4.78, 5) is 12.3. The van der Waals surface area contributed by atoms with Gasteiger partial charge in [0.25, 0.3) is 0 Å². The molecule has 3 heteroatoms. The lowest BCUT2D eigenvalue weighted by molar-refractivity contribution is -0.157. The number of carbonyl (C=O) groups excluding carboxylic acids is 1. The fourth-order valence-corrected chi connectivity index (χ4v) is 4.54. The highest BCUT2D eigenvalue weighted by Crippen LogP contribution is 2.31. The second kappa shape index (κ2) is 9.08. The van der Waals surface area contributed by atoms with E-state index in [1.165, 1.54) is 25.7 Å². The third-order valence-electron chi connectivity index (χ3n) is 6.49. The maximum Gasteiger partial charge on any atom is 0.309 e. The first kappa shape index (κ1) is 18.8. The third-order valence-corrected chi connectivity index (χ3v) is 6.49. The van der Waals surface area contributed by atoms with Crippen LogP contribution in [0.4, 0.5) is 0 Å². The van der Waals surface area contributed by atoms with Crippen LogP contribution in [0.5, 0.6) is 0 Å². The van der Waals surface area contributed by atoms with E-state index in [1.54, 1.807) is 0 Å². The van der Waals surface area contributed by atoms with Gasteiger partial charge in [-0.2, -0.15) is 0 Å². The molecule has 3 fully saturated rings. The quantitative estimate of drug-likeness (QED) is 0.593. The first-order chi connectivity index (χ1) is 12.1. The van der Waals surface area contributed by atoms with Gasteiger partial charge in [0, 0.05) is 11.8 Å². The third kappa shape index (κ3) is 5.74. The van der Waals surface area contributed by atoms with Crippen molar-refractivity contribution in [1.29, 1.82) is 0 Å². The zero-order chi connectivity index (χ0) is 17.6. The van der Waals surface area contributed by atoms with Crippen LogP contribution in [0.25, 0.3) is 0 Å². The van der Waals surface area contributed by atoms with Crippen molar-refractivity contribution in [3.8, 4) is 11.8 Å². The van der Waals surface area contributed by atoms with Gasteiger partial charge in [0.1, 0.15) is 6.10 Å². The van der Waals surface area contributed by atoms with Gasteiger partial charge in [-0.15, -0.1) is 0 Å². The highest BCUT2D eigenvalue weighted by atomic mass is 16.5. The molecule has 0 unspecified atom stereocenters. The molecular formula is C22H34O3. The number of hydrogen-bond acceptors (Lipinski definition) is 3. The molecule has 0 bridgehead atoms. The number of rotatable bonds is 2. The minimum absolute atomic E-state index is 0.00890. The molecule has 3 saturated carbocycles. The highest BCUT2D eigenvalue weighted by Gasteiger charge is 2.30. The maximum atomic E-state index is 12.3. The fraction of sp³-hybridized carbons (Fsp3) is 0.864. The summed E-state index contributed by atoms with van der Waals surface area (Å²) in [6.45, 7) is 2.35. The van der Waals surface area contributed by atoms with Crippen LogP contribution in [0.2, 0.25) is 0 Å². The Morgan fingerprint density at radius 3 is 1.88 bits per heavy atom. The van der Waals surface area contributed by atoms with Crippen molar-refractivity contribution in [2.24, 2.45) is 23.7 Å². The van der Waals surface area contributed by atoms with Crippen LogP contribution in [0.1, 0.15) is 84.0 Å². The van der Waals surface area contributed by atoms with Gasteiger partial charge in [0.2, 0.25) is 0 Å². The Morgan fingerprint density at radius 1 is 0.800 bits per heavy atom. The molecule has 1 N–H and O–H groups in total. The zero-order valence-corrected chi connectivity index (χ0v) is 15.7. The zero-order valence-electron chi connectivity index (χ0n) is 15.7. The van der Waals surface area contributed by atoms with Gasteiger partial charge in [-0.25, -0.2) is 0 Å². The van der Waals surface area contributed by atoms with Gasteiger partial charge in [0.05, 0.1) is 12.0 Å². The molecule has 0 aromatic heterocycles. The lowest BCUT2D eigenvalue weighted by atomic mass is 9.82. The molecule has 0 amide bonds. The van der Waals surface area contributed by atoms with Crippen LogP contribution in [0, 0.1) is 35.5 Å². The summed E-state index contributed by atoms with van der Waals surface area (Å²) in [5, 5.41) is 9.55. The van der Waals surface area contributed by atoms with Gasteiger partial charge in [0.15, 0.2) is 0 Å². The molecule has 0 aliphatic heterocycles. The maximum absolute atomic E-state index is 12.3. The summed E-state index contributed by atoms with van der Waals surface area (Å²) >= 11 is 0. The highest BCUT2D eigenvalue weighted by molar-refractivity contribution is 5.72. The Balaban J connectivity index is 1.36. The van der Waals surface area contributed by atoms with Crippen molar-refractivity contribution in [2.75, 3.05) is 0 Å². The van der Waals surface area contributed by atoms with E-state index in [0.717, 1.165) is 57.3 Å². The molecule has 0 radical (unpaired) electrons. The van der Waals surface area contributed by atoms with E-state index in [2.05, 4.69) is 18.8 Å². The molecule has 0 aromatic rings. The second-order valence-electron chi connectivity index (χ2n) is 8.66. The molecule has 25 heavy (non-hydrogen) atoms. The molecular weight excluding hydrogens is 312 g/mol. The van der Waals surface area contributed by atoms with Crippen molar-refractivity contribution in [3.63, 3.8) is 0 Å². The van der Waals surface area contributed by atoms with Gasteiger partial charge < -0.3 is 9.84 Å². The first-order valence-electron chi connectivity index (χ1n) is 10.5. The average molecular weight is 347 g/mol. The van der Waals surface area contributed by atoms with E-state index in [-0.39, 0.29) is 24.1 Å². The Hall–Kier alpha value is -1.01. The number of esters is 1. The SMILES string of the molecule is CC1CCC(C#CC2CCC(OC(=O)C3CCC(O)CC3)CC2)CC1. The minimum atomic E-state index is -0.217. The first-order valence-corrected chi connectivity index (χ1v) is 10.5. The Morgan fingerprint density at radius 2 is 1.32 bits per heavy atom. The molecule has 0 saturated heterocycles. The summed E-state index contributed by atoms with van der Waals surface area (Å²) in [5.41, 5.74) is 0. The number of hydrogen-bond donors (Lipinski definition) is 1. The van der Waals surface area contributed by atoms with Crippen molar-refractivity contribution in [1.82, 2.24) is 0 Å². The smallest absolute Gasteiger partial charge is 0.309 e. The molecule has 0 aromatic carbocycles. The van der Waals surface area contributed by atoms with Crippen molar-refractivity contribution in [2.45, 2.75) is 96.2 Å². The largest absolute Gasteiger partial charge is 0.462 e. The van der Waals surface area contributed by atoms with Gasteiger partial charge >= 0.3 is 5.97 Å².